The molecule has 0 N–H and O–H groups in total. The van der Waals surface area contributed by atoms with Gasteiger partial charge in [0.25, 0.3) is 0 Å². The Morgan fingerprint density at radius 1 is 1.33 bits per heavy atom. The Kier molecular flexibility index (Phi) is 4.95. The van der Waals surface area contributed by atoms with Gasteiger partial charge in [0.2, 0.25) is 5.91 Å². The smallest absolute Gasteiger partial charge is 0.247 e. The lowest BCUT2D eigenvalue weighted by molar-refractivity contribution is -0.135. The van der Waals surface area contributed by atoms with Gasteiger partial charge in [-0.1, -0.05) is 0 Å². The van der Waals surface area contributed by atoms with Gasteiger partial charge in [0, 0.05) is 67.9 Å². The topological polar surface area (TPSA) is 67.2 Å². The van der Waals surface area contributed by atoms with E-state index >= 15 is 0 Å². The Morgan fingerprint density at radius 2 is 2.19 bits per heavy atom. The molecule has 2 aliphatic rings. The molecule has 144 valence electrons. The van der Waals surface area contributed by atoms with E-state index in [9.17, 15) is 4.79 Å². The number of hydrogen-bond acceptors (Lipinski definition) is 5. The van der Waals surface area contributed by atoms with Crippen molar-refractivity contribution in [2.75, 3.05) is 26.7 Å². The molecule has 0 spiro atoms. The number of piperidine rings is 1. The number of hydrogen-bond donors (Lipinski definition) is 0. The number of likely N-dealkylation sites (N-methyl/N-ethyl adjacent to an activating group) is 1. The summed E-state index contributed by atoms with van der Waals surface area (Å²) < 4.78 is 1.80. The summed E-state index contributed by atoms with van der Waals surface area (Å²) >= 11 is 0. The summed E-state index contributed by atoms with van der Waals surface area (Å²) in [5, 5.41) is 4.30. The van der Waals surface area contributed by atoms with E-state index in [4.69, 9.17) is 4.98 Å². The van der Waals surface area contributed by atoms with E-state index in [1.165, 1.54) is 11.3 Å². The van der Waals surface area contributed by atoms with E-state index in [0.29, 0.717) is 6.54 Å². The third-order valence-corrected chi connectivity index (χ3v) is 5.83. The minimum absolute atomic E-state index is 0.131. The first-order chi connectivity index (χ1) is 13.0. The highest BCUT2D eigenvalue weighted by molar-refractivity contribution is 5.80. The molecule has 0 aliphatic carbocycles. The lowest BCUT2D eigenvalue weighted by atomic mass is 9.96. The summed E-state index contributed by atoms with van der Waals surface area (Å²) in [4.78, 5) is 26.8. The van der Waals surface area contributed by atoms with Gasteiger partial charge >= 0.3 is 0 Å². The molecule has 7 heteroatoms. The van der Waals surface area contributed by atoms with E-state index in [0.717, 1.165) is 50.4 Å². The SMILES string of the molecule is Cc1ccnn1C(C)C(=O)N1CCCC(c2ncc3c(n2)CCN(C)C3)C1. The minimum Gasteiger partial charge on any atom is -0.340 e. The van der Waals surface area contributed by atoms with Crippen molar-refractivity contribution in [3.63, 3.8) is 0 Å². The maximum Gasteiger partial charge on any atom is 0.247 e. The predicted molar refractivity (Wildman–Crippen MR) is 102 cm³/mol. The maximum absolute atomic E-state index is 13.0. The number of likely N-dealkylation sites (tertiary alicyclic amines) is 1. The van der Waals surface area contributed by atoms with Crippen LogP contribution in [0.5, 0.6) is 0 Å². The molecule has 0 saturated carbocycles. The van der Waals surface area contributed by atoms with Gasteiger partial charge in [0.15, 0.2) is 0 Å². The number of fused-ring (bicyclic) bond motifs is 1. The Balaban J connectivity index is 1.48. The van der Waals surface area contributed by atoms with Crippen LogP contribution >= 0.6 is 0 Å². The molecular formula is C20H28N6O. The second kappa shape index (κ2) is 7.38. The van der Waals surface area contributed by atoms with Crippen LogP contribution in [0.15, 0.2) is 18.5 Å². The molecule has 2 aromatic heterocycles. The summed E-state index contributed by atoms with van der Waals surface area (Å²) in [5.41, 5.74) is 3.42. The van der Waals surface area contributed by atoms with E-state index in [1.807, 2.05) is 31.0 Å². The fourth-order valence-electron chi connectivity index (χ4n) is 4.21. The molecule has 4 heterocycles. The molecule has 2 aromatic rings. The average Bonchev–Trinajstić information content (AvgIpc) is 3.12. The minimum atomic E-state index is -0.279. The number of carbonyl (C=O) groups excluding carboxylic acids is 1. The molecule has 1 fully saturated rings. The molecule has 2 unspecified atom stereocenters. The van der Waals surface area contributed by atoms with Gasteiger partial charge in [0.05, 0.1) is 0 Å². The number of amides is 1. The maximum atomic E-state index is 13.0. The van der Waals surface area contributed by atoms with Crippen LogP contribution in [0.1, 0.15) is 54.5 Å². The van der Waals surface area contributed by atoms with Crippen molar-refractivity contribution >= 4 is 5.91 Å². The largest absolute Gasteiger partial charge is 0.340 e. The van der Waals surface area contributed by atoms with Gasteiger partial charge in [-0.3, -0.25) is 9.48 Å². The highest BCUT2D eigenvalue weighted by Gasteiger charge is 2.30. The van der Waals surface area contributed by atoms with E-state index in [-0.39, 0.29) is 17.9 Å². The molecule has 2 atom stereocenters. The second-order valence-electron chi connectivity index (χ2n) is 7.90. The molecule has 4 rings (SSSR count). The molecule has 1 saturated heterocycles. The zero-order valence-corrected chi connectivity index (χ0v) is 16.4. The second-order valence-corrected chi connectivity index (χ2v) is 7.90. The summed E-state index contributed by atoms with van der Waals surface area (Å²) in [6, 6.07) is 1.65. The van der Waals surface area contributed by atoms with E-state index in [1.54, 1.807) is 10.9 Å². The first-order valence-electron chi connectivity index (χ1n) is 9.85. The van der Waals surface area contributed by atoms with Crippen molar-refractivity contribution in [1.82, 2.24) is 29.5 Å². The third kappa shape index (κ3) is 3.60. The Labute approximate surface area is 160 Å². The Morgan fingerprint density at radius 3 is 2.96 bits per heavy atom. The molecule has 0 bridgehead atoms. The van der Waals surface area contributed by atoms with Crippen LogP contribution in [-0.2, 0) is 17.8 Å². The number of nitrogens with zero attached hydrogens (tertiary/aromatic N) is 6. The quantitative estimate of drug-likeness (QED) is 0.828. The van der Waals surface area contributed by atoms with E-state index in [2.05, 4.69) is 22.0 Å². The molecule has 0 aromatic carbocycles. The van der Waals surface area contributed by atoms with Crippen LogP contribution < -0.4 is 0 Å². The standard InChI is InChI=1S/C20H28N6O/c1-14-6-8-22-26(14)15(2)20(27)25-9-4-5-16(13-25)19-21-11-17-12-24(3)10-7-18(17)23-19/h6,8,11,15-16H,4-5,7,9-10,12-13H2,1-3H3. The van der Waals surface area contributed by atoms with Gasteiger partial charge in [-0.05, 0) is 39.8 Å². The Bertz CT molecular complexity index is 832. The predicted octanol–water partition coefficient (Wildman–Crippen LogP) is 1.94. The fraction of sp³-hybridized carbons (Fsp3) is 0.600. The van der Waals surface area contributed by atoms with Crippen molar-refractivity contribution in [1.29, 1.82) is 0 Å². The lowest BCUT2D eigenvalue weighted by Crippen LogP contribution is -2.43. The highest BCUT2D eigenvalue weighted by atomic mass is 16.2. The number of aromatic nitrogens is 4. The van der Waals surface area contributed by atoms with Crippen LogP contribution in [0.3, 0.4) is 0 Å². The number of carbonyl (C=O) groups is 1. The molecule has 2 aliphatic heterocycles. The van der Waals surface area contributed by atoms with Crippen molar-refractivity contribution in [2.45, 2.75) is 51.6 Å². The van der Waals surface area contributed by atoms with Crippen LogP contribution in [0.2, 0.25) is 0 Å². The van der Waals surface area contributed by atoms with E-state index < -0.39 is 0 Å². The van der Waals surface area contributed by atoms with Crippen LogP contribution in [0.25, 0.3) is 0 Å². The van der Waals surface area contributed by atoms with Crippen LogP contribution in [0, 0.1) is 6.92 Å². The number of rotatable bonds is 3. The normalized spacial score (nSPS) is 21.7. The first kappa shape index (κ1) is 18.1. The van der Waals surface area contributed by atoms with Crippen molar-refractivity contribution in [3.05, 3.63) is 41.2 Å². The zero-order chi connectivity index (χ0) is 19.0. The molecule has 7 nitrogen and oxygen atoms in total. The summed E-state index contributed by atoms with van der Waals surface area (Å²) in [7, 11) is 2.13. The average molecular weight is 368 g/mol. The highest BCUT2D eigenvalue weighted by Crippen LogP contribution is 2.27. The molecular weight excluding hydrogens is 340 g/mol. The summed E-state index contributed by atoms with van der Waals surface area (Å²) in [6.07, 6.45) is 6.74. The van der Waals surface area contributed by atoms with Gasteiger partial charge in [-0.2, -0.15) is 5.10 Å². The fourth-order valence-corrected chi connectivity index (χ4v) is 4.21. The van der Waals surface area contributed by atoms with Crippen molar-refractivity contribution in [3.8, 4) is 0 Å². The van der Waals surface area contributed by atoms with Crippen LogP contribution in [-0.4, -0.2) is 62.1 Å². The van der Waals surface area contributed by atoms with Gasteiger partial charge in [0.1, 0.15) is 11.9 Å². The Hall–Kier alpha value is -2.28. The molecule has 1 amide bonds. The van der Waals surface area contributed by atoms with Crippen LogP contribution in [0.4, 0.5) is 0 Å². The zero-order valence-electron chi connectivity index (χ0n) is 16.4. The van der Waals surface area contributed by atoms with Gasteiger partial charge in [-0.15, -0.1) is 0 Å². The molecule has 27 heavy (non-hydrogen) atoms. The monoisotopic (exact) mass is 368 g/mol. The lowest BCUT2D eigenvalue weighted by Gasteiger charge is -2.34. The number of aryl methyl sites for hydroxylation is 1. The third-order valence-electron chi connectivity index (χ3n) is 5.83. The van der Waals surface area contributed by atoms with Crippen molar-refractivity contribution in [2.24, 2.45) is 0 Å². The van der Waals surface area contributed by atoms with Crippen molar-refractivity contribution < 1.29 is 4.79 Å². The molecule has 0 radical (unpaired) electrons. The van der Waals surface area contributed by atoms with Gasteiger partial charge < -0.3 is 9.80 Å². The van der Waals surface area contributed by atoms with Gasteiger partial charge in [-0.25, -0.2) is 9.97 Å². The summed E-state index contributed by atoms with van der Waals surface area (Å²) in [6.45, 7) is 7.37. The summed E-state index contributed by atoms with van der Waals surface area (Å²) in [5.74, 6) is 1.25. The first-order valence-corrected chi connectivity index (χ1v) is 9.85.